The standard InChI is InChI=1S/C15H18ClNO5S/c1-11(16)10-22-15(18)12-4-6-14(7-5-12)23(19,20)17-9-13-3-2-8-21-13/h4-7,13,17H,1-3,8-10H2. The summed E-state index contributed by atoms with van der Waals surface area (Å²) in [5.74, 6) is -0.594. The van der Waals surface area contributed by atoms with Gasteiger partial charge in [-0.2, -0.15) is 0 Å². The zero-order valence-corrected chi connectivity index (χ0v) is 14.0. The Morgan fingerprint density at radius 3 is 2.65 bits per heavy atom. The average Bonchev–Trinajstić information content (AvgIpc) is 3.04. The number of carbonyl (C=O) groups excluding carboxylic acids is 1. The SMILES string of the molecule is C=C(Cl)COC(=O)c1ccc(S(=O)(=O)NCC2CCCO2)cc1. The number of sulfonamides is 1. The van der Waals surface area contributed by atoms with E-state index in [4.69, 9.17) is 21.1 Å². The van der Waals surface area contributed by atoms with Gasteiger partial charge in [0.25, 0.3) is 0 Å². The van der Waals surface area contributed by atoms with E-state index in [0.717, 1.165) is 12.8 Å². The lowest BCUT2D eigenvalue weighted by molar-refractivity contribution is 0.0546. The zero-order valence-electron chi connectivity index (χ0n) is 12.5. The van der Waals surface area contributed by atoms with E-state index in [-0.39, 0.29) is 34.7 Å². The third-order valence-electron chi connectivity index (χ3n) is 3.29. The second-order valence-electron chi connectivity index (χ2n) is 5.10. The maximum absolute atomic E-state index is 12.2. The maximum atomic E-state index is 12.2. The Morgan fingerprint density at radius 2 is 2.09 bits per heavy atom. The fraction of sp³-hybridized carbons (Fsp3) is 0.400. The van der Waals surface area contributed by atoms with E-state index in [1.165, 1.54) is 24.3 Å². The minimum atomic E-state index is -3.63. The van der Waals surface area contributed by atoms with E-state index >= 15 is 0 Å². The van der Waals surface area contributed by atoms with Gasteiger partial charge in [0.1, 0.15) is 6.61 Å². The first-order valence-corrected chi connectivity index (χ1v) is 8.96. The summed E-state index contributed by atoms with van der Waals surface area (Å²) in [6, 6.07) is 5.48. The van der Waals surface area contributed by atoms with Gasteiger partial charge in [-0.3, -0.25) is 0 Å². The molecule has 1 atom stereocenters. The first kappa shape index (κ1) is 17.9. The molecule has 0 amide bonds. The molecule has 126 valence electrons. The third kappa shape index (κ3) is 5.31. The summed E-state index contributed by atoms with van der Waals surface area (Å²) in [5, 5.41) is 0.205. The van der Waals surface area contributed by atoms with Crippen molar-refractivity contribution in [3.63, 3.8) is 0 Å². The molecule has 6 nitrogen and oxygen atoms in total. The molecule has 0 aromatic heterocycles. The van der Waals surface area contributed by atoms with Crippen molar-refractivity contribution in [2.45, 2.75) is 23.8 Å². The van der Waals surface area contributed by atoms with E-state index in [1.54, 1.807) is 0 Å². The molecule has 8 heteroatoms. The lowest BCUT2D eigenvalue weighted by Crippen LogP contribution is -2.31. The number of esters is 1. The third-order valence-corrected chi connectivity index (χ3v) is 4.83. The first-order chi connectivity index (χ1) is 10.9. The van der Waals surface area contributed by atoms with Gasteiger partial charge in [-0.05, 0) is 37.1 Å². The Balaban J connectivity index is 1.97. The van der Waals surface area contributed by atoms with Gasteiger partial charge >= 0.3 is 5.97 Å². The molecule has 1 fully saturated rings. The Morgan fingerprint density at radius 1 is 1.39 bits per heavy atom. The van der Waals surface area contributed by atoms with Crippen LogP contribution in [-0.4, -0.2) is 40.2 Å². The lowest BCUT2D eigenvalue weighted by atomic mass is 10.2. The van der Waals surface area contributed by atoms with Gasteiger partial charge < -0.3 is 9.47 Å². The van der Waals surface area contributed by atoms with Crippen LogP contribution in [0.15, 0.2) is 40.8 Å². The van der Waals surface area contributed by atoms with Crippen LogP contribution in [-0.2, 0) is 19.5 Å². The molecule has 1 unspecified atom stereocenters. The lowest BCUT2D eigenvalue weighted by Gasteiger charge is -2.11. The van der Waals surface area contributed by atoms with Gasteiger partial charge in [0, 0.05) is 18.2 Å². The van der Waals surface area contributed by atoms with Crippen LogP contribution in [0.5, 0.6) is 0 Å². The molecule has 23 heavy (non-hydrogen) atoms. The summed E-state index contributed by atoms with van der Waals surface area (Å²) < 4.78 is 37.1. The normalized spacial score (nSPS) is 17.9. The summed E-state index contributed by atoms with van der Waals surface area (Å²) in [7, 11) is -3.63. The molecule has 0 saturated carbocycles. The predicted molar refractivity (Wildman–Crippen MR) is 85.9 cm³/mol. The van der Waals surface area contributed by atoms with E-state index in [9.17, 15) is 13.2 Å². The van der Waals surface area contributed by atoms with Crippen LogP contribution in [0.2, 0.25) is 0 Å². The van der Waals surface area contributed by atoms with E-state index in [1.807, 2.05) is 0 Å². The number of halogens is 1. The number of rotatable bonds is 7. The van der Waals surface area contributed by atoms with Crippen molar-refractivity contribution in [3.8, 4) is 0 Å². The van der Waals surface area contributed by atoms with Gasteiger partial charge in [0.15, 0.2) is 0 Å². The summed E-state index contributed by atoms with van der Waals surface area (Å²) in [4.78, 5) is 11.8. The molecule has 1 N–H and O–H groups in total. The van der Waals surface area contributed by atoms with E-state index in [2.05, 4.69) is 11.3 Å². The van der Waals surface area contributed by atoms with Crippen LogP contribution < -0.4 is 4.72 Å². The molecule has 0 spiro atoms. The van der Waals surface area contributed by atoms with Crippen LogP contribution in [0.3, 0.4) is 0 Å². The monoisotopic (exact) mass is 359 g/mol. The highest BCUT2D eigenvalue weighted by atomic mass is 35.5. The average molecular weight is 360 g/mol. The summed E-state index contributed by atoms with van der Waals surface area (Å²) in [6.07, 6.45) is 1.71. The number of hydrogen-bond donors (Lipinski definition) is 1. The largest absolute Gasteiger partial charge is 0.456 e. The van der Waals surface area contributed by atoms with Crippen LogP contribution in [0.1, 0.15) is 23.2 Å². The summed E-state index contributed by atoms with van der Waals surface area (Å²) >= 11 is 5.51. The van der Waals surface area contributed by atoms with Crippen molar-refractivity contribution >= 4 is 27.6 Å². The molecule has 0 radical (unpaired) electrons. The van der Waals surface area contributed by atoms with Crippen LogP contribution >= 0.6 is 11.6 Å². The first-order valence-electron chi connectivity index (χ1n) is 7.10. The van der Waals surface area contributed by atoms with Crippen LogP contribution in [0, 0.1) is 0 Å². The van der Waals surface area contributed by atoms with Crippen molar-refractivity contribution in [1.82, 2.24) is 4.72 Å². The second-order valence-corrected chi connectivity index (χ2v) is 7.41. The highest BCUT2D eigenvalue weighted by Crippen LogP contribution is 2.14. The minimum Gasteiger partial charge on any atom is -0.456 e. The Bertz CT molecular complexity index is 666. The highest BCUT2D eigenvalue weighted by molar-refractivity contribution is 7.89. The van der Waals surface area contributed by atoms with Gasteiger partial charge in [-0.15, -0.1) is 0 Å². The smallest absolute Gasteiger partial charge is 0.338 e. The molecule has 1 aliphatic rings. The van der Waals surface area contributed by atoms with E-state index < -0.39 is 16.0 Å². The molecule has 1 aromatic rings. The molecule has 1 aromatic carbocycles. The van der Waals surface area contributed by atoms with Crippen molar-refractivity contribution in [2.24, 2.45) is 0 Å². The van der Waals surface area contributed by atoms with Gasteiger partial charge in [0.05, 0.1) is 16.6 Å². The summed E-state index contributed by atoms with van der Waals surface area (Å²) in [6.45, 7) is 4.22. The fourth-order valence-electron chi connectivity index (χ4n) is 2.09. The maximum Gasteiger partial charge on any atom is 0.338 e. The highest BCUT2D eigenvalue weighted by Gasteiger charge is 2.20. The number of nitrogens with one attached hydrogen (secondary N) is 1. The Labute approximate surface area is 140 Å². The zero-order chi connectivity index (χ0) is 16.9. The molecule has 0 aliphatic carbocycles. The van der Waals surface area contributed by atoms with Crippen molar-refractivity contribution in [1.29, 1.82) is 0 Å². The van der Waals surface area contributed by atoms with E-state index in [0.29, 0.717) is 6.61 Å². The Kier molecular flexibility index (Phi) is 6.17. The Hall–Kier alpha value is -1.41. The van der Waals surface area contributed by atoms with Crippen molar-refractivity contribution < 1.29 is 22.7 Å². The number of carbonyl (C=O) groups is 1. The topological polar surface area (TPSA) is 81.7 Å². The summed E-state index contributed by atoms with van der Waals surface area (Å²) in [5.41, 5.74) is 0.237. The molecular weight excluding hydrogens is 342 g/mol. The van der Waals surface area contributed by atoms with Crippen molar-refractivity contribution in [3.05, 3.63) is 41.4 Å². The number of ether oxygens (including phenoxy) is 2. The van der Waals surface area contributed by atoms with Gasteiger partial charge in [-0.1, -0.05) is 18.2 Å². The van der Waals surface area contributed by atoms with Crippen LogP contribution in [0.4, 0.5) is 0 Å². The molecule has 1 heterocycles. The minimum absolute atomic E-state index is 0.0776. The van der Waals surface area contributed by atoms with Gasteiger partial charge in [-0.25, -0.2) is 17.9 Å². The quantitative estimate of drug-likeness (QED) is 0.753. The number of benzene rings is 1. The predicted octanol–water partition coefficient (Wildman–Crippen LogP) is 2.05. The fourth-order valence-corrected chi connectivity index (χ4v) is 3.21. The van der Waals surface area contributed by atoms with Crippen LogP contribution in [0.25, 0.3) is 0 Å². The van der Waals surface area contributed by atoms with Crippen molar-refractivity contribution in [2.75, 3.05) is 19.8 Å². The molecule has 1 saturated heterocycles. The molecule has 0 bridgehead atoms. The molecule has 1 aliphatic heterocycles. The second kappa shape index (κ2) is 7.92. The molecule has 2 rings (SSSR count). The molecular formula is C15H18ClNO5S. The van der Waals surface area contributed by atoms with Gasteiger partial charge in [0.2, 0.25) is 10.0 Å². The number of hydrogen-bond acceptors (Lipinski definition) is 5.